The van der Waals surface area contributed by atoms with Gasteiger partial charge in [-0.15, -0.1) is 12.4 Å². The Morgan fingerprint density at radius 2 is 1.89 bits per heavy atom. The number of aromatic nitrogens is 2. The summed E-state index contributed by atoms with van der Waals surface area (Å²) in [6, 6.07) is 14.5. The molecule has 7 nitrogen and oxygen atoms in total. The fourth-order valence-corrected chi connectivity index (χ4v) is 3.12. The summed E-state index contributed by atoms with van der Waals surface area (Å²) in [5.41, 5.74) is 4.93. The summed E-state index contributed by atoms with van der Waals surface area (Å²) in [5, 5.41) is 12.7. The van der Waals surface area contributed by atoms with Crippen molar-refractivity contribution >= 4 is 35.1 Å². The van der Waals surface area contributed by atoms with E-state index in [1.54, 1.807) is 30.5 Å². The Morgan fingerprint density at radius 3 is 2.70 bits per heavy atom. The first-order valence-corrected chi connectivity index (χ1v) is 8.54. The number of nitrogens with one attached hydrogen (secondary N) is 3. The number of hydrogen-bond acceptors (Lipinski definition) is 4. The first-order chi connectivity index (χ1) is 12.7. The molecule has 1 atom stereocenters. The predicted molar refractivity (Wildman–Crippen MR) is 105 cm³/mol. The lowest BCUT2D eigenvalue weighted by Crippen LogP contribution is -2.43. The largest absolute Gasteiger partial charge is 0.348 e. The van der Waals surface area contributed by atoms with Gasteiger partial charge in [-0.05, 0) is 30.7 Å². The molecule has 0 radical (unpaired) electrons. The summed E-state index contributed by atoms with van der Waals surface area (Å²) in [6.45, 7) is 1.28. The highest BCUT2D eigenvalue weighted by atomic mass is 35.5. The number of hydrazine groups is 1. The van der Waals surface area contributed by atoms with Crippen LogP contribution in [0.1, 0.15) is 27.1 Å². The smallest absolute Gasteiger partial charge is 0.265 e. The van der Waals surface area contributed by atoms with Crippen LogP contribution in [0.25, 0.3) is 10.9 Å². The molecular weight excluding hydrogens is 366 g/mol. The van der Waals surface area contributed by atoms with Gasteiger partial charge in [-0.3, -0.25) is 20.1 Å². The molecule has 2 amide bonds. The molecule has 1 aliphatic rings. The van der Waals surface area contributed by atoms with Crippen molar-refractivity contribution in [2.24, 2.45) is 0 Å². The maximum Gasteiger partial charge on any atom is 0.265 e. The number of halogens is 1. The molecule has 1 saturated heterocycles. The zero-order valence-corrected chi connectivity index (χ0v) is 15.3. The lowest BCUT2D eigenvalue weighted by molar-refractivity contribution is 0.0821. The van der Waals surface area contributed by atoms with Crippen molar-refractivity contribution in [1.29, 1.82) is 0 Å². The van der Waals surface area contributed by atoms with E-state index in [9.17, 15) is 9.59 Å². The van der Waals surface area contributed by atoms with Crippen LogP contribution in [0.2, 0.25) is 0 Å². The Kier molecular flexibility index (Phi) is 5.73. The highest BCUT2D eigenvalue weighted by molar-refractivity contribution is 5.98. The van der Waals surface area contributed by atoms with E-state index in [4.69, 9.17) is 0 Å². The number of nitrogens with zero attached hydrogens (tertiary/aromatic N) is 2. The molecule has 4 rings (SSSR count). The van der Waals surface area contributed by atoms with Gasteiger partial charge in [0, 0.05) is 35.6 Å². The van der Waals surface area contributed by atoms with Crippen LogP contribution in [0.5, 0.6) is 0 Å². The molecule has 0 bridgehead atoms. The molecule has 1 aliphatic heterocycles. The molecule has 1 unspecified atom stereocenters. The van der Waals surface area contributed by atoms with Gasteiger partial charge < -0.3 is 5.32 Å². The number of rotatable bonds is 4. The van der Waals surface area contributed by atoms with E-state index < -0.39 is 0 Å². The van der Waals surface area contributed by atoms with E-state index in [-0.39, 0.29) is 30.3 Å². The minimum Gasteiger partial charge on any atom is -0.348 e. The van der Waals surface area contributed by atoms with E-state index in [1.807, 2.05) is 29.3 Å². The molecular formula is C19H20ClN5O2. The van der Waals surface area contributed by atoms with Crippen LogP contribution >= 0.6 is 12.4 Å². The van der Waals surface area contributed by atoms with Crippen molar-refractivity contribution < 1.29 is 9.59 Å². The van der Waals surface area contributed by atoms with Crippen molar-refractivity contribution in [2.75, 3.05) is 13.1 Å². The number of carbonyl (C=O) groups excluding carboxylic acids is 2. The Labute approximate surface area is 162 Å². The predicted octanol–water partition coefficient (Wildman–Crippen LogP) is 2.13. The topological polar surface area (TPSA) is 90.1 Å². The summed E-state index contributed by atoms with van der Waals surface area (Å²) in [7, 11) is 0. The zero-order valence-electron chi connectivity index (χ0n) is 14.5. The third kappa shape index (κ3) is 4.27. The molecule has 2 aromatic carbocycles. The second-order valence-corrected chi connectivity index (χ2v) is 6.38. The van der Waals surface area contributed by atoms with Gasteiger partial charge in [0.15, 0.2) is 0 Å². The molecule has 0 saturated carbocycles. The fraction of sp³-hybridized carbons (Fsp3) is 0.211. The Hall–Kier alpha value is -2.90. The average molecular weight is 386 g/mol. The van der Waals surface area contributed by atoms with Crippen molar-refractivity contribution in [3.8, 4) is 0 Å². The zero-order chi connectivity index (χ0) is 17.9. The summed E-state index contributed by atoms with van der Waals surface area (Å²) in [4.78, 5) is 24.7. The molecule has 27 heavy (non-hydrogen) atoms. The number of aromatic amines is 1. The maximum atomic E-state index is 12.5. The van der Waals surface area contributed by atoms with Gasteiger partial charge in [0.05, 0.1) is 11.7 Å². The van der Waals surface area contributed by atoms with Gasteiger partial charge in [-0.2, -0.15) is 5.10 Å². The van der Waals surface area contributed by atoms with Gasteiger partial charge in [-0.1, -0.05) is 24.3 Å². The molecule has 1 fully saturated rings. The van der Waals surface area contributed by atoms with Crippen LogP contribution in [-0.2, 0) is 0 Å². The van der Waals surface area contributed by atoms with Crippen LogP contribution in [0.4, 0.5) is 0 Å². The minimum atomic E-state index is -0.137. The quantitative estimate of drug-likeness (QED) is 0.641. The van der Waals surface area contributed by atoms with E-state index in [0.717, 1.165) is 17.3 Å². The summed E-state index contributed by atoms with van der Waals surface area (Å²) in [5.74, 6) is -0.259. The lowest BCUT2D eigenvalue weighted by atomic mass is 10.1. The van der Waals surface area contributed by atoms with Crippen molar-refractivity contribution in [3.63, 3.8) is 0 Å². The van der Waals surface area contributed by atoms with E-state index in [0.29, 0.717) is 24.2 Å². The van der Waals surface area contributed by atoms with E-state index in [2.05, 4.69) is 20.9 Å². The first-order valence-electron chi connectivity index (χ1n) is 8.54. The molecule has 3 aromatic rings. The Morgan fingerprint density at radius 1 is 1.07 bits per heavy atom. The summed E-state index contributed by atoms with van der Waals surface area (Å²) in [6.07, 6.45) is 2.51. The molecule has 140 valence electrons. The number of hydrogen-bond donors (Lipinski definition) is 3. The number of H-pyrrole nitrogens is 1. The lowest BCUT2D eigenvalue weighted by Gasteiger charge is -2.18. The highest BCUT2D eigenvalue weighted by Gasteiger charge is 2.25. The number of fused-ring (bicyclic) bond motifs is 1. The molecule has 0 aliphatic carbocycles. The Balaban J connectivity index is 0.00000210. The van der Waals surface area contributed by atoms with Crippen molar-refractivity contribution in [3.05, 3.63) is 65.9 Å². The van der Waals surface area contributed by atoms with Crippen molar-refractivity contribution in [1.82, 2.24) is 25.9 Å². The third-order valence-corrected chi connectivity index (χ3v) is 4.52. The maximum absolute atomic E-state index is 12.5. The average Bonchev–Trinajstić information content (AvgIpc) is 3.31. The summed E-state index contributed by atoms with van der Waals surface area (Å²) >= 11 is 0. The van der Waals surface area contributed by atoms with E-state index in [1.165, 1.54) is 0 Å². The van der Waals surface area contributed by atoms with Crippen molar-refractivity contribution in [2.45, 2.75) is 12.5 Å². The van der Waals surface area contributed by atoms with Crippen LogP contribution < -0.4 is 10.7 Å². The number of amides is 2. The molecule has 1 aromatic heterocycles. The van der Waals surface area contributed by atoms with Gasteiger partial charge in [0.2, 0.25) is 0 Å². The number of carbonyl (C=O) groups is 2. The fourth-order valence-electron chi connectivity index (χ4n) is 3.12. The van der Waals surface area contributed by atoms with E-state index >= 15 is 0 Å². The first kappa shape index (κ1) is 18.9. The minimum absolute atomic E-state index is 0. The monoisotopic (exact) mass is 385 g/mol. The molecule has 0 spiro atoms. The second-order valence-electron chi connectivity index (χ2n) is 6.38. The molecule has 3 N–H and O–H groups in total. The van der Waals surface area contributed by atoms with Crippen LogP contribution in [0.15, 0.2) is 54.7 Å². The summed E-state index contributed by atoms with van der Waals surface area (Å²) < 4.78 is 0. The van der Waals surface area contributed by atoms with Crippen LogP contribution in [-0.4, -0.2) is 46.2 Å². The third-order valence-electron chi connectivity index (χ3n) is 4.52. The molecule has 8 heteroatoms. The SMILES string of the molecule is Cl.O=C(NC1CCN(NC(=O)c2ccccc2)C1)c1ccc2cn[nH]c2c1. The normalized spacial score (nSPS) is 16.7. The van der Waals surface area contributed by atoms with Gasteiger partial charge in [-0.25, -0.2) is 5.01 Å². The van der Waals surface area contributed by atoms with Gasteiger partial charge >= 0.3 is 0 Å². The standard InChI is InChI=1S/C19H19N5O2.ClH/c25-18(14-6-7-15-11-20-22-17(15)10-14)21-16-8-9-24(12-16)23-19(26)13-4-2-1-3-5-13;/h1-7,10-11,16H,8-9,12H2,(H,20,22)(H,21,25)(H,23,26);1H. The van der Waals surface area contributed by atoms with Crippen LogP contribution in [0.3, 0.4) is 0 Å². The van der Waals surface area contributed by atoms with Crippen LogP contribution in [0, 0.1) is 0 Å². The second kappa shape index (κ2) is 8.20. The van der Waals surface area contributed by atoms with Gasteiger partial charge in [0.1, 0.15) is 0 Å². The molecule has 2 heterocycles. The van der Waals surface area contributed by atoms with Gasteiger partial charge in [0.25, 0.3) is 11.8 Å². The highest BCUT2D eigenvalue weighted by Crippen LogP contribution is 2.14. The number of benzene rings is 2. The Bertz CT molecular complexity index is 943.